The molecule has 1 aliphatic carbocycles. The molecular weight excluding hydrogens is 455 g/mol. The van der Waals surface area contributed by atoms with Crippen molar-refractivity contribution in [3.63, 3.8) is 0 Å². The molecule has 0 heterocycles. The van der Waals surface area contributed by atoms with Gasteiger partial charge >= 0.3 is 12.1 Å². The molecule has 0 bridgehead atoms. The molecule has 34 heavy (non-hydrogen) atoms. The maximum absolute atomic E-state index is 16.0. The van der Waals surface area contributed by atoms with Crippen LogP contribution in [0, 0.1) is 12.7 Å². The number of fused-ring (bicyclic) bond motifs is 1. The number of halogens is 5. The number of hydrogen-bond donors (Lipinski definition) is 0. The van der Waals surface area contributed by atoms with Gasteiger partial charge in [0.05, 0.1) is 23.8 Å². The Morgan fingerprint density at radius 2 is 1.76 bits per heavy atom. The Hall–Kier alpha value is -2.90. The molecule has 0 amide bonds. The van der Waals surface area contributed by atoms with Crippen molar-refractivity contribution in [1.82, 2.24) is 0 Å². The van der Waals surface area contributed by atoms with E-state index in [0.29, 0.717) is 0 Å². The number of carbonyl (C=O) groups excluding carboxylic acids is 1. The third-order valence-electron chi connectivity index (χ3n) is 5.81. The topological polar surface area (TPSA) is 35.5 Å². The van der Waals surface area contributed by atoms with Crippen molar-refractivity contribution in [2.75, 3.05) is 6.61 Å². The summed E-state index contributed by atoms with van der Waals surface area (Å²) >= 11 is 0. The van der Waals surface area contributed by atoms with Gasteiger partial charge in [-0.3, -0.25) is 0 Å². The van der Waals surface area contributed by atoms with E-state index in [1.807, 2.05) is 0 Å². The second kappa shape index (κ2) is 9.76. The summed E-state index contributed by atoms with van der Waals surface area (Å²) < 4.78 is 84.2. The summed E-state index contributed by atoms with van der Waals surface area (Å²) in [6.07, 6.45) is -7.10. The van der Waals surface area contributed by atoms with Gasteiger partial charge in [0.25, 0.3) is 0 Å². The van der Waals surface area contributed by atoms with Crippen LogP contribution in [0.25, 0.3) is 0 Å². The molecule has 3 rings (SSSR count). The quantitative estimate of drug-likeness (QED) is 0.319. The Morgan fingerprint density at radius 3 is 2.32 bits per heavy atom. The predicted octanol–water partition coefficient (Wildman–Crippen LogP) is 7.37. The molecular formula is C26H27F5O3. The first-order valence-corrected chi connectivity index (χ1v) is 11.1. The number of allylic oxidation sites excluding steroid dienone is 1. The summed E-state index contributed by atoms with van der Waals surface area (Å²) in [4.78, 5) is 13.1. The van der Waals surface area contributed by atoms with Crippen molar-refractivity contribution < 1.29 is 36.2 Å². The molecule has 2 aromatic rings. The van der Waals surface area contributed by atoms with Crippen molar-refractivity contribution in [3.05, 3.63) is 75.1 Å². The summed E-state index contributed by atoms with van der Waals surface area (Å²) in [6, 6.07) is 5.85. The minimum absolute atomic E-state index is 0.0122. The lowest BCUT2D eigenvalue weighted by Crippen LogP contribution is -2.28. The van der Waals surface area contributed by atoms with E-state index in [-0.39, 0.29) is 52.2 Å². The van der Waals surface area contributed by atoms with E-state index in [2.05, 4.69) is 0 Å². The number of hydrogen-bond acceptors (Lipinski definition) is 3. The van der Waals surface area contributed by atoms with Gasteiger partial charge in [0.2, 0.25) is 0 Å². The van der Waals surface area contributed by atoms with Crippen LogP contribution in [0.3, 0.4) is 0 Å². The second-order valence-corrected chi connectivity index (χ2v) is 8.39. The zero-order chi connectivity index (χ0) is 25.4. The van der Waals surface area contributed by atoms with Crippen LogP contribution in [0.1, 0.15) is 74.0 Å². The van der Waals surface area contributed by atoms with Crippen molar-refractivity contribution in [2.45, 2.75) is 65.4 Å². The maximum atomic E-state index is 16.0. The predicted molar refractivity (Wildman–Crippen MR) is 118 cm³/mol. The number of alkyl halides is 4. The molecule has 0 radical (unpaired) electrons. The highest BCUT2D eigenvalue weighted by molar-refractivity contribution is 5.94. The minimum Gasteiger partial charge on any atom is -0.488 e. The van der Waals surface area contributed by atoms with Crippen LogP contribution in [0.15, 0.2) is 41.5 Å². The van der Waals surface area contributed by atoms with Crippen LogP contribution in [0.5, 0.6) is 5.75 Å². The Bertz CT molecular complexity index is 1120. The Kier molecular flexibility index (Phi) is 7.38. The average molecular weight is 482 g/mol. The van der Waals surface area contributed by atoms with Gasteiger partial charge in [-0.05, 0) is 62.9 Å². The first-order valence-electron chi connectivity index (χ1n) is 11.1. The van der Waals surface area contributed by atoms with Crippen molar-refractivity contribution in [3.8, 4) is 5.75 Å². The largest absolute Gasteiger partial charge is 0.488 e. The van der Waals surface area contributed by atoms with E-state index >= 15 is 8.78 Å². The van der Waals surface area contributed by atoms with E-state index in [0.717, 1.165) is 12.1 Å². The van der Waals surface area contributed by atoms with E-state index in [1.54, 1.807) is 27.7 Å². The SMILES string of the molecule is CCOC(=O)C1=C(CC)C(F)c2c(C)cc(F)c(OC(C)C)c2C1c1ccccc1C(F)(F)F. The van der Waals surface area contributed by atoms with Gasteiger partial charge in [-0.15, -0.1) is 0 Å². The van der Waals surface area contributed by atoms with Gasteiger partial charge in [-0.25, -0.2) is 13.6 Å². The summed E-state index contributed by atoms with van der Waals surface area (Å²) in [5.41, 5.74) is -1.41. The Balaban J connectivity index is 2.52. The Morgan fingerprint density at radius 1 is 1.12 bits per heavy atom. The van der Waals surface area contributed by atoms with Gasteiger partial charge in [0.1, 0.15) is 6.17 Å². The van der Waals surface area contributed by atoms with Gasteiger partial charge in [0.15, 0.2) is 11.6 Å². The van der Waals surface area contributed by atoms with Gasteiger partial charge in [0, 0.05) is 17.0 Å². The number of benzene rings is 2. The van der Waals surface area contributed by atoms with E-state index in [9.17, 15) is 18.0 Å². The molecule has 0 spiro atoms. The first-order chi connectivity index (χ1) is 15.9. The fourth-order valence-corrected chi connectivity index (χ4v) is 4.56. The van der Waals surface area contributed by atoms with Gasteiger partial charge in [-0.1, -0.05) is 25.1 Å². The number of esters is 1. The molecule has 0 saturated heterocycles. The van der Waals surface area contributed by atoms with E-state index < -0.39 is 41.7 Å². The third-order valence-corrected chi connectivity index (χ3v) is 5.81. The first kappa shape index (κ1) is 25.7. The molecule has 0 saturated carbocycles. The number of ether oxygens (including phenoxy) is 2. The third kappa shape index (κ3) is 4.55. The molecule has 8 heteroatoms. The monoisotopic (exact) mass is 482 g/mol. The van der Waals surface area contributed by atoms with Crippen molar-refractivity contribution >= 4 is 5.97 Å². The number of carbonyl (C=O) groups is 1. The number of aryl methyl sites for hydroxylation is 1. The molecule has 2 aromatic carbocycles. The van der Waals surface area contributed by atoms with Crippen LogP contribution in [0.4, 0.5) is 22.0 Å². The lowest BCUT2D eigenvalue weighted by Gasteiger charge is -2.36. The lowest BCUT2D eigenvalue weighted by molar-refractivity contribution is -0.140. The standard InChI is InChI=1S/C26H27F5O3/c1-6-15-21(25(32)33-7-2)20(16-10-8-9-11-17(16)26(29,30)31)22-19(23(15)28)14(5)12-18(27)24(22)34-13(3)4/h8-13,20,23H,6-7H2,1-5H3. The molecule has 3 nitrogen and oxygen atoms in total. The van der Waals surface area contributed by atoms with Crippen LogP contribution >= 0.6 is 0 Å². The zero-order valence-electron chi connectivity index (χ0n) is 19.6. The second-order valence-electron chi connectivity index (χ2n) is 8.39. The average Bonchev–Trinajstić information content (AvgIpc) is 2.75. The fourth-order valence-electron chi connectivity index (χ4n) is 4.56. The molecule has 1 aliphatic rings. The van der Waals surface area contributed by atoms with Crippen LogP contribution in [-0.4, -0.2) is 18.7 Å². The summed E-state index contributed by atoms with van der Waals surface area (Å²) in [7, 11) is 0. The molecule has 0 fully saturated rings. The minimum atomic E-state index is -4.77. The van der Waals surface area contributed by atoms with Crippen molar-refractivity contribution in [1.29, 1.82) is 0 Å². The molecule has 0 aromatic heterocycles. The molecule has 0 aliphatic heterocycles. The molecule has 2 unspecified atom stereocenters. The molecule has 184 valence electrons. The maximum Gasteiger partial charge on any atom is 0.416 e. The Labute approximate surface area is 195 Å². The molecule has 0 N–H and O–H groups in total. The van der Waals surface area contributed by atoms with Crippen LogP contribution < -0.4 is 4.74 Å². The van der Waals surface area contributed by atoms with E-state index in [1.165, 1.54) is 25.1 Å². The van der Waals surface area contributed by atoms with Gasteiger partial charge < -0.3 is 9.47 Å². The fraction of sp³-hybridized carbons (Fsp3) is 0.423. The van der Waals surface area contributed by atoms with Crippen LogP contribution in [-0.2, 0) is 15.7 Å². The number of rotatable bonds is 6. The normalized spacial score (nSPS) is 18.2. The summed E-state index contributed by atoms with van der Waals surface area (Å²) in [5, 5.41) is 0. The van der Waals surface area contributed by atoms with E-state index in [4.69, 9.17) is 9.47 Å². The zero-order valence-corrected chi connectivity index (χ0v) is 19.6. The molecule has 2 atom stereocenters. The highest BCUT2D eigenvalue weighted by Crippen LogP contribution is 2.54. The van der Waals surface area contributed by atoms with Crippen LogP contribution in [0.2, 0.25) is 0 Å². The lowest BCUT2D eigenvalue weighted by atomic mass is 9.70. The van der Waals surface area contributed by atoms with Crippen molar-refractivity contribution in [2.24, 2.45) is 0 Å². The van der Waals surface area contributed by atoms with Gasteiger partial charge in [-0.2, -0.15) is 13.2 Å². The highest BCUT2D eigenvalue weighted by atomic mass is 19.4. The smallest absolute Gasteiger partial charge is 0.416 e. The highest BCUT2D eigenvalue weighted by Gasteiger charge is 2.45. The summed E-state index contributed by atoms with van der Waals surface area (Å²) in [6.45, 7) is 7.84. The summed E-state index contributed by atoms with van der Waals surface area (Å²) in [5.74, 6) is -3.57.